The standard InChI is InChI=1S/C68H49NO/c1-67(2)56-36-34-46-20-11-13-22-50(46)64(56)54-38-60-62(40-58(54)67)70-63-41-59-55(65-51-23-14-12-21-47(51)35-37-57(65)68(59,3)4)39-61(63)69(60)66-52(48-30-26-44(27-31-48)42-16-7-5-8-17-42)24-15-25-53(66)49-32-28-45(29-33-49)43-18-9-6-10-19-43/h5-41H,1-4H3. The number of ether oxygens (including phenoxy) is 1. The van der Waals surface area contributed by atoms with Crippen molar-refractivity contribution in [3.8, 4) is 78.3 Å². The predicted octanol–water partition coefficient (Wildman–Crippen LogP) is 18.8. The molecule has 0 radical (unpaired) electrons. The van der Waals surface area contributed by atoms with Crippen molar-refractivity contribution < 1.29 is 4.74 Å². The molecule has 11 aromatic carbocycles. The van der Waals surface area contributed by atoms with Gasteiger partial charge in [-0.2, -0.15) is 0 Å². The van der Waals surface area contributed by atoms with Crippen molar-refractivity contribution in [2.45, 2.75) is 38.5 Å². The second kappa shape index (κ2) is 15.0. The van der Waals surface area contributed by atoms with Gasteiger partial charge < -0.3 is 9.64 Å². The molecule has 0 saturated carbocycles. The molecule has 11 aromatic rings. The van der Waals surface area contributed by atoms with Gasteiger partial charge in [-0.05, 0) is 124 Å². The normalized spacial score (nSPS) is 14.3. The van der Waals surface area contributed by atoms with Crippen LogP contribution in [-0.2, 0) is 10.8 Å². The van der Waals surface area contributed by atoms with Crippen LogP contribution in [0.1, 0.15) is 49.9 Å². The molecule has 0 aromatic heterocycles. The molecule has 0 N–H and O–H groups in total. The third-order valence-corrected chi connectivity index (χ3v) is 15.9. The molecule has 0 saturated heterocycles. The van der Waals surface area contributed by atoms with E-state index < -0.39 is 0 Å². The highest BCUT2D eigenvalue weighted by molar-refractivity contribution is 6.08. The molecule has 1 aliphatic heterocycles. The number of hydrogen-bond acceptors (Lipinski definition) is 2. The number of benzene rings is 11. The van der Waals surface area contributed by atoms with Crippen LogP contribution in [0.3, 0.4) is 0 Å². The van der Waals surface area contributed by atoms with E-state index in [1.807, 2.05) is 0 Å². The van der Waals surface area contributed by atoms with E-state index in [-0.39, 0.29) is 10.8 Å². The number of fused-ring (bicyclic) bond motifs is 12. The fraction of sp³-hybridized carbons (Fsp3) is 0.0882. The van der Waals surface area contributed by atoms with Crippen LogP contribution in [0, 0.1) is 0 Å². The highest BCUT2D eigenvalue weighted by Gasteiger charge is 2.43. The van der Waals surface area contributed by atoms with Crippen LogP contribution in [0.2, 0.25) is 0 Å². The zero-order valence-corrected chi connectivity index (χ0v) is 39.7. The van der Waals surface area contributed by atoms with Crippen LogP contribution >= 0.6 is 0 Å². The third kappa shape index (κ3) is 5.93. The summed E-state index contributed by atoms with van der Waals surface area (Å²) < 4.78 is 7.42. The molecule has 2 aliphatic carbocycles. The van der Waals surface area contributed by atoms with Gasteiger partial charge in [0, 0.05) is 22.0 Å². The first-order valence-electron chi connectivity index (χ1n) is 24.6. The van der Waals surface area contributed by atoms with Gasteiger partial charge in [0.15, 0.2) is 11.5 Å². The van der Waals surface area contributed by atoms with E-state index in [1.165, 1.54) is 88.3 Å². The number of hydrogen-bond donors (Lipinski definition) is 0. The van der Waals surface area contributed by atoms with E-state index >= 15 is 0 Å². The van der Waals surface area contributed by atoms with Gasteiger partial charge in [-0.25, -0.2) is 0 Å². The summed E-state index contributed by atoms with van der Waals surface area (Å²) in [4.78, 5) is 2.56. The molecule has 0 bridgehead atoms. The third-order valence-electron chi connectivity index (χ3n) is 15.9. The zero-order valence-electron chi connectivity index (χ0n) is 39.7. The Bertz CT molecular complexity index is 3680. The lowest BCUT2D eigenvalue weighted by Crippen LogP contribution is -2.20. The average Bonchev–Trinajstić information content (AvgIpc) is 3.78. The highest BCUT2D eigenvalue weighted by Crippen LogP contribution is 2.63. The van der Waals surface area contributed by atoms with Crippen molar-refractivity contribution in [3.05, 3.63) is 247 Å². The van der Waals surface area contributed by atoms with Gasteiger partial charge in [-0.1, -0.05) is 228 Å². The van der Waals surface area contributed by atoms with Crippen LogP contribution in [0.15, 0.2) is 224 Å². The fourth-order valence-corrected chi connectivity index (χ4v) is 12.2. The van der Waals surface area contributed by atoms with Gasteiger partial charge >= 0.3 is 0 Å². The Labute approximate surface area is 409 Å². The number of para-hydroxylation sites is 1. The summed E-state index contributed by atoms with van der Waals surface area (Å²) in [6.45, 7) is 9.48. The second-order valence-electron chi connectivity index (χ2n) is 20.4. The molecule has 0 atom stereocenters. The van der Waals surface area contributed by atoms with Gasteiger partial charge in [-0.15, -0.1) is 0 Å². The monoisotopic (exact) mass is 895 g/mol. The molecule has 0 amide bonds. The Kier molecular flexibility index (Phi) is 8.71. The van der Waals surface area contributed by atoms with Crippen LogP contribution < -0.4 is 9.64 Å². The maximum absolute atomic E-state index is 7.42. The lowest BCUT2D eigenvalue weighted by molar-refractivity contribution is 0.473. The summed E-state index contributed by atoms with van der Waals surface area (Å²) in [6.07, 6.45) is 0. The zero-order chi connectivity index (χ0) is 46.9. The molecular formula is C68H49NO. The van der Waals surface area contributed by atoms with Crippen molar-refractivity contribution in [1.29, 1.82) is 0 Å². The minimum atomic E-state index is -0.245. The van der Waals surface area contributed by atoms with E-state index in [0.29, 0.717) is 0 Å². The Morgan fingerprint density at radius 2 is 0.700 bits per heavy atom. The van der Waals surface area contributed by atoms with Crippen molar-refractivity contribution in [1.82, 2.24) is 0 Å². The van der Waals surface area contributed by atoms with Gasteiger partial charge in [0.2, 0.25) is 0 Å². The molecule has 0 fully saturated rings. The van der Waals surface area contributed by atoms with E-state index in [4.69, 9.17) is 4.74 Å². The maximum atomic E-state index is 7.42. The minimum absolute atomic E-state index is 0.245. The Balaban J connectivity index is 1.07. The Morgan fingerprint density at radius 1 is 0.314 bits per heavy atom. The van der Waals surface area contributed by atoms with Crippen molar-refractivity contribution in [2.75, 3.05) is 4.90 Å². The lowest BCUT2D eigenvalue weighted by atomic mass is 9.81. The molecule has 3 aliphatic rings. The molecule has 2 nitrogen and oxygen atoms in total. The SMILES string of the molecule is CC1(C)c2cc3c(cc2-c2c1ccc1ccccc21)N(c1c(-c2ccc(-c4ccccc4)cc2)cccc1-c1ccc(-c2ccccc2)cc1)c1cc2c(cc1O3)C(C)(C)c1ccc3ccccc3c1-2. The minimum Gasteiger partial charge on any atom is -0.453 e. The van der Waals surface area contributed by atoms with Gasteiger partial charge in [0.25, 0.3) is 0 Å². The average molecular weight is 896 g/mol. The highest BCUT2D eigenvalue weighted by atomic mass is 16.5. The van der Waals surface area contributed by atoms with Crippen LogP contribution in [0.25, 0.3) is 88.3 Å². The van der Waals surface area contributed by atoms with Crippen molar-refractivity contribution in [3.63, 3.8) is 0 Å². The Hall–Kier alpha value is -8.46. The number of anilines is 3. The summed E-state index contributed by atoms with van der Waals surface area (Å²) in [5, 5.41) is 5.04. The molecule has 14 rings (SSSR count). The summed E-state index contributed by atoms with van der Waals surface area (Å²) in [5.74, 6) is 1.71. The second-order valence-corrected chi connectivity index (χ2v) is 20.4. The molecule has 332 valence electrons. The lowest BCUT2D eigenvalue weighted by Gasteiger charge is -2.37. The van der Waals surface area contributed by atoms with E-state index in [2.05, 4.69) is 257 Å². The molecule has 0 spiro atoms. The fourth-order valence-electron chi connectivity index (χ4n) is 12.2. The van der Waals surface area contributed by atoms with Crippen molar-refractivity contribution >= 4 is 38.6 Å². The topological polar surface area (TPSA) is 12.5 Å². The van der Waals surface area contributed by atoms with Gasteiger partial charge in [-0.3, -0.25) is 0 Å². The Morgan fingerprint density at radius 3 is 1.14 bits per heavy atom. The first-order chi connectivity index (χ1) is 34.2. The molecule has 2 heteroatoms. The van der Waals surface area contributed by atoms with Gasteiger partial charge in [0.1, 0.15) is 0 Å². The summed E-state index contributed by atoms with van der Waals surface area (Å²) >= 11 is 0. The molecular weight excluding hydrogens is 847 g/mol. The first kappa shape index (κ1) is 40.6. The number of nitrogens with zero attached hydrogens (tertiary/aromatic N) is 1. The first-order valence-corrected chi connectivity index (χ1v) is 24.6. The summed E-state index contributed by atoms with van der Waals surface area (Å²) in [5.41, 5.74) is 22.4. The van der Waals surface area contributed by atoms with E-state index in [1.54, 1.807) is 0 Å². The van der Waals surface area contributed by atoms with Crippen LogP contribution in [-0.4, -0.2) is 0 Å². The van der Waals surface area contributed by atoms with Crippen molar-refractivity contribution in [2.24, 2.45) is 0 Å². The maximum Gasteiger partial charge on any atom is 0.151 e. The van der Waals surface area contributed by atoms with Crippen LogP contribution in [0.5, 0.6) is 11.5 Å². The smallest absolute Gasteiger partial charge is 0.151 e. The largest absolute Gasteiger partial charge is 0.453 e. The van der Waals surface area contributed by atoms with E-state index in [0.717, 1.165) is 50.8 Å². The molecule has 0 unspecified atom stereocenters. The predicted molar refractivity (Wildman–Crippen MR) is 293 cm³/mol. The van der Waals surface area contributed by atoms with Gasteiger partial charge in [0.05, 0.1) is 17.1 Å². The van der Waals surface area contributed by atoms with Crippen LogP contribution in [0.4, 0.5) is 17.1 Å². The molecule has 70 heavy (non-hydrogen) atoms. The summed E-state index contributed by atoms with van der Waals surface area (Å²) in [6, 6.07) is 83.1. The number of rotatable bonds is 5. The summed E-state index contributed by atoms with van der Waals surface area (Å²) in [7, 11) is 0. The molecule has 1 heterocycles. The van der Waals surface area contributed by atoms with E-state index in [9.17, 15) is 0 Å². The quantitative estimate of drug-likeness (QED) is 0.171.